The highest BCUT2D eigenvalue weighted by Crippen LogP contribution is 2.10. The molecule has 2 amide bonds. The van der Waals surface area contributed by atoms with Gasteiger partial charge in [0.05, 0.1) is 12.6 Å². The van der Waals surface area contributed by atoms with E-state index in [2.05, 4.69) is 10.6 Å². The fourth-order valence-corrected chi connectivity index (χ4v) is 2.08. The van der Waals surface area contributed by atoms with Gasteiger partial charge in [0.2, 0.25) is 11.8 Å². The summed E-state index contributed by atoms with van der Waals surface area (Å²) in [4.78, 5) is 35.9. The molecule has 6 nitrogen and oxygen atoms in total. The van der Waals surface area contributed by atoms with Crippen LogP contribution < -0.4 is 10.6 Å². The van der Waals surface area contributed by atoms with Gasteiger partial charge in [0.1, 0.15) is 6.04 Å². The number of rotatable bonds is 10. The molecule has 0 aromatic heterocycles. The van der Waals surface area contributed by atoms with Crippen molar-refractivity contribution in [3.8, 4) is 0 Å². The summed E-state index contributed by atoms with van der Waals surface area (Å²) in [6, 6.07) is -1.61. The maximum Gasteiger partial charge on any atom is 0.245 e. The maximum absolute atomic E-state index is 12.2. The lowest BCUT2D eigenvalue weighted by molar-refractivity contribution is -0.133. The van der Waals surface area contributed by atoms with Crippen molar-refractivity contribution in [2.75, 3.05) is 6.61 Å². The zero-order chi connectivity index (χ0) is 17.3. The smallest absolute Gasteiger partial charge is 0.245 e. The van der Waals surface area contributed by atoms with Crippen LogP contribution in [0.2, 0.25) is 0 Å². The molecular weight excluding hydrogens is 284 g/mol. The standard InChI is InChI=1S/C16H30N2O4/c1-6-7-14(20)17-13(9-19)16(22)18-12(8-10(2)3)15(21)11(4)5/h10-13,19H,6-9H2,1-5H3,(H,17,20)(H,18,22)/t12?,13-/m0/s1. The van der Waals surface area contributed by atoms with E-state index in [1.807, 2.05) is 20.8 Å². The van der Waals surface area contributed by atoms with Crippen molar-refractivity contribution >= 4 is 17.6 Å². The minimum atomic E-state index is -1.02. The Bertz CT molecular complexity index is 380. The zero-order valence-electron chi connectivity index (χ0n) is 14.3. The van der Waals surface area contributed by atoms with E-state index < -0.39 is 24.6 Å². The molecule has 0 aromatic carbocycles. The minimum absolute atomic E-state index is 0.0429. The van der Waals surface area contributed by atoms with Gasteiger partial charge in [-0.15, -0.1) is 0 Å². The summed E-state index contributed by atoms with van der Waals surface area (Å²) in [6.45, 7) is 8.88. The summed E-state index contributed by atoms with van der Waals surface area (Å²) in [6.07, 6.45) is 1.49. The van der Waals surface area contributed by atoms with Gasteiger partial charge < -0.3 is 15.7 Å². The Hall–Kier alpha value is -1.43. The average Bonchev–Trinajstić information content (AvgIpc) is 2.42. The number of aliphatic hydroxyl groups excluding tert-OH is 1. The van der Waals surface area contributed by atoms with Crippen molar-refractivity contribution in [3.63, 3.8) is 0 Å². The molecule has 0 bridgehead atoms. The fourth-order valence-electron chi connectivity index (χ4n) is 2.08. The lowest BCUT2D eigenvalue weighted by Gasteiger charge is -2.24. The largest absolute Gasteiger partial charge is 0.394 e. The van der Waals surface area contributed by atoms with Crippen LogP contribution in [-0.4, -0.2) is 41.4 Å². The molecule has 0 heterocycles. The predicted molar refractivity (Wildman–Crippen MR) is 85.2 cm³/mol. The number of carbonyl (C=O) groups excluding carboxylic acids is 3. The average molecular weight is 314 g/mol. The van der Waals surface area contributed by atoms with Crippen molar-refractivity contribution in [1.29, 1.82) is 0 Å². The Kier molecular flexibility index (Phi) is 9.65. The highest BCUT2D eigenvalue weighted by atomic mass is 16.3. The molecule has 6 heteroatoms. The van der Waals surface area contributed by atoms with Crippen LogP contribution in [0.15, 0.2) is 0 Å². The second-order valence-electron chi connectivity index (χ2n) is 6.30. The highest BCUT2D eigenvalue weighted by Gasteiger charge is 2.27. The van der Waals surface area contributed by atoms with Gasteiger partial charge in [-0.1, -0.05) is 34.6 Å². The molecule has 22 heavy (non-hydrogen) atoms. The molecule has 1 unspecified atom stereocenters. The summed E-state index contributed by atoms with van der Waals surface area (Å²) in [5, 5.41) is 14.4. The van der Waals surface area contributed by atoms with Gasteiger partial charge in [-0.05, 0) is 18.8 Å². The van der Waals surface area contributed by atoms with Crippen LogP contribution in [0.25, 0.3) is 0 Å². The second-order valence-corrected chi connectivity index (χ2v) is 6.30. The number of nitrogens with one attached hydrogen (secondary N) is 2. The van der Waals surface area contributed by atoms with Gasteiger partial charge in [0.15, 0.2) is 5.78 Å². The molecule has 0 saturated heterocycles. The van der Waals surface area contributed by atoms with E-state index in [9.17, 15) is 19.5 Å². The number of amides is 2. The van der Waals surface area contributed by atoms with Crippen molar-refractivity contribution in [2.24, 2.45) is 11.8 Å². The Morgan fingerprint density at radius 3 is 2.00 bits per heavy atom. The lowest BCUT2D eigenvalue weighted by Crippen LogP contribution is -2.53. The van der Waals surface area contributed by atoms with Gasteiger partial charge in [0.25, 0.3) is 0 Å². The lowest BCUT2D eigenvalue weighted by atomic mass is 9.94. The SMILES string of the molecule is CCCC(=O)N[C@@H](CO)C(=O)NC(CC(C)C)C(=O)C(C)C. The summed E-state index contributed by atoms with van der Waals surface area (Å²) in [5.41, 5.74) is 0. The summed E-state index contributed by atoms with van der Waals surface area (Å²) >= 11 is 0. The molecule has 0 radical (unpaired) electrons. The van der Waals surface area contributed by atoms with E-state index in [0.29, 0.717) is 19.3 Å². The van der Waals surface area contributed by atoms with Crippen LogP contribution in [0, 0.1) is 11.8 Å². The van der Waals surface area contributed by atoms with Crippen LogP contribution in [-0.2, 0) is 14.4 Å². The van der Waals surface area contributed by atoms with Gasteiger partial charge in [0, 0.05) is 12.3 Å². The number of ketones is 1. The summed E-state index contributed by atoms with van der Waals surface area (Å²) in [7, 11) is 0. The maximum atomic E-state index is 12.2. The Balaban J connectivity index is 4.82. The first-order valence-corrected chi connectivity index (χ1v) is 7.97. The predicted octanol–water partition coefficient (Wildman–Crippen LogP) is 1.02. The molecule has 0 saturated carbocycles. The third-order valence-corrected chi connectivity index (χ3v) is 3.25. The number of aliphatic hydroxyl groups is 1. The number of carbonyl (C=O) groups is 3. The van der Waals surface area contributed by atoms with Crippen LogP contribution in [0.3, 0.4) is 0 Å². The number of Topliss-reactive ketones (excluding diaryl/α,β-unsaturated/α-hetero) is 1. The van der Waals surface area contributed by atoms with E-state index in [1.54, 1.807) is 13.8 Å². The third kappa shape index (κ3) is 7.54. The van der Waals surface area contributed by atoms with Gasteiger partial charge in [-0.3, -0.25) is 14.4 Å². The van der Waals surface area contributed by atoms with Crippen molar-refractivity contribution in [2.45, 2.75) is 66.0 Å². The molecule has 2 atom stereocenters. The molecule has 3 N–H and O–H groups in total. The van der Waals surface area contributed by atoms with Gasteiger partial charge >= 0.3 is 0 Å². The fraction of sp³-hybridized carbons (Fsp3) is 0.812. The molecular formula is C16H30N2O4. The van der Waals surface area contributed by atoms with E-state index in [1.165, 1.54) is 0 Å². The topological polar surface area (TPSA) is 95.5 Å². The monoisotopic (exact) mass is 314 g/mol. The van der Waals surface area contributed by atoms with Gasteiger partial charge in [-0.2, -0.15) is 0 Å². The molecule has 0 aliphatic carbocycles. The first-order valence-electron chi connectivity index (χ1n) is 7.97. The molecule has 128 valence electrons. The van der Waals surface area contributed by atoms with E-state index in [0.717, 1.165) is 0 Å². The molecule has 0 rings (SSSR count). The summed E-state index contributed by atoms with van der Waals surface area (Å²) in [5.74, 6) is -0.793. The first kappa shape index (κ1) is 20.6. The van der Waals surface area contributed by atoms with Crippen molar-refractivity contribution < 1.29 is 19.5 Å². The quantitative estimate of drug-likeness (QED) is 0.561. The van der Waals surface area contributed by atoms with E-state index in [4.69, 9.17) is 0 Å². The van der Waals surface area contributed by atoms with Crippen LogP contribution in [0.5, 0.6) is 0 Å². The zero-order valence-corrected chi connectivity index (χ0v) is 14.3. The minimum Gasteiger partial charge on any atom is -0.394 e. The molecule has 0 aromatic rings. The van der Waals surface area contributed by atoms with Crippen molar-refractivity contribution in [1.82, 2.24) is 10.6 Å². The van der Waals surface area contributed by atoms with Gasteiger partial charge in [-0.25, -0.2) is 0 Å². The number of hydrogen-bond donors (Lipinski definition) is 3. The Morgan fingerprint density at radius 2 is 1.59 bits per heavy atom. The first-order chi connectivity index (χ1) is 10.2. The highest BCUT2D eigenvalue weighted by molar-refractivity contribution is 5.93. The molecule has 0 spiro atoms. The van der Waals surface area contributed by atoms with Crippen LogP contribution in [0.4, 0.5) is 0 Å². The van der Waals surface area contributed by atoms with E-state index >= 15 is 0 Å². The van der Waals surface area contributed by atoms with Crippen molar-refractivity contribution in [3.05, 3.63) is 0 Å². The third-order valence-electron chi connectivity index (χ3n) is 3.25. The molecule has 0 aliphatic heterocycles. The van der Waals surface area contributed by atoms with Crippen LogP contribution >= 0.6 is 0 Å². The normalized spacial score (nSPS) is 13.8. The molecule has 0 fully saturated rings. The molecule has 0 aliphatic rings. The van der Waals surface area contributed by atoms with Crippen LogP contribution in [0.1, 0.15) is 53.9 Å². The Labute approximate surface area is 133 Å². The second kappa shape index (κ2) is 10.3. The number of hydrogen-bond acceptors (Lipinski definition) is 4. The Morgan fingerprint density at radius 1 is 1.00 bits per heavy atom. The summed E-state index contributed by atoms with van der Waals surface area (Å²) < 4.78 is 0. The van der Waals surface area contributed by atoms with E-state index in [-0.39, 0.29) is 23.5 Å².